The van der Waals surface area contributed by atoms with Crippen molar-refractivity contribution >= 4 is 34.4 Å². The SMILES string of the molecule is Cc1ccc(-c2nc(CSc3nnc(-c4csc5c4CCCC5)n3C)cs2)cc1. The minimum Gasteiger partial charge on any atom is -0.305 e. The topological polar surface area (TPSA) is 43.6 Å². The second-order valence-corrected chi connectivity index (χ2v) is 10.2. The number of thiophene rings is 1. The van der Waals surface area contributed by atoms with E-state index in [0.717, 1.165) is 27.4 Å². The smallest absolute Gasteiger partial charge is 0.191 e. The molecule has 4 aromatic rings. The molecule has 148 valence electrons. The van der Waals surface area contributed by atoms with Crippen molar-refractivity contribution in [2.75, 3.05) is 0 Å². The third-order valence-electron chi connectivity index (χ3n) is 5.34. The van der Waals surface area contributed by atoms with Gasteiger partial charge in [-0.1, -0.05) is 41.6 Å². The van der Waals surface area contributed by atoms with E-state index in [0.29, 0.717) is 0 Å². The Kier molecular flexibility index (Phi) is 5.28. The molecule has 3 aromatic heterocycles. The summed E-state index contributed by atoms with van der Waals surface area (Å²) in [6, 6.07) is 8.55. The van der Waals surface area contributed by atoms with Crippen LogP contribution >= 0.6 is 34.4 Å². The Balaban J connectivity index is 1.31. The average molecular weight is 439 g/mol. The molecule has 3 heterocycles. The van der Waals surface area contributed by atoms with E-state index in [1.54, 1.807) is 23.1 Å². The van der Waals surface area contributed by atoms with Crippen LogP contribution in [0.5, 0.6) is 0 Å². The van der Waals surface area contributed by atoms with E-state index in [1.165, 1.54) is 52.8 Å². The first-order valence-electron chi connectivity index (χ1n) is 9.82. The average Bonchev–Trinajstić information content (AvgIpc) is 3.46. The lowest BCUT2D eigenvalue weighted by Crippen LogP contribution is -2.02. The molecular formula is C22H22N4S3. The third-order valence-corrected chi connectivity index (χ3v) is 8.42. The molecule has 0 aliphatic heterocycles. The summed E-state index contributed by atoms with van der Waals surface area (Å²) in [5.41, 5.74) is 6.32. The third kappa shape index (κ3) is 3.79. The predicted molar refractivity (Wildman–Crippen MR) is 123 cm³/mol. The van der Waals surface area contributed by atoms with Gasteiger partial charge in [0, 0.05) is 39.6 Å². The van der Waals surface area contributed by atoms with E-state index >= 15 is 0 Å². The number of aromatic nitrogens is 4. The van der Waals surface area contributed by atoms with Crippen molar-refractivity contribution in [3.63, 3.8) is 0 Å². The molecule has 0 unspecified atom stereocenters. The Labute approximate surface area is 183 Å². The quantitative estimate of drug-likeness (QED) is 0.351. The summed E-state index contributed by atoms with van der Waals surface area (Å²) in [6.07, 6.45) is 4.98. The molecular weight excluding hydrogens is 416 g/mol. The molecule has 29 heavy (non-hydrogen) atoms. The summed E-state index contributed by atoms with van der Waals surface area (Å²) < 4.78 is 2.13. The van der Waals surface area contributed by atoms with Gasteiger partial charge in [0.15, 0.2) is 11.0 Å². The minimum absolute atomic E-state index is 0.802. The van der Waals surface area contributed by atoms with E-state index in [-0.39, 0.29) is 0 Å². The zero-order valence-corrected chi connectivity index (χ0v) is 19.0. The molecule has 1 aromatic carbocycles. The fraction of sp³-hybridized carbons (Fsp3) is 0.318. The lowest BCUT2D eigenvalue weighted by molar-refractivity contribution is 0.696. The van der Waals surface area contributed by atoms with Crippen LogP contribution in [0.15, 0.2) is 40.2 Å². The fourth-order valence-corrected chi connectivity index (χ4v) is 6.56. The highest BCUT2D eigenvalue weighted by Crippen LogP contribution is 2.36. The van der Waals surface area contributed by atoms with E-state index in [9.17, 15) is 0 Å². The summed E-state index contributed by atoms with van der Waals surface area (Å²) in [4.78, 5) is 6.35. The molecule has 0 fully saturated rings. The van der Waals surface area contributed by atoms with Crippen molar-refractivity contribution in [1.82, 2.24) is 19.7 Å². The van der Waals surface area contributed by atoms with Crippen LogP contribution < -0.4 is 0 Å². The monoisotopic (exact) mass is 438 g/mol. The van der Waals surface area contributed by atoms with Gasteiger partial charge >= 0.3 is 0 Å². The van der Waals surface area contributed by atoms with Gasteiger partial charge < -0.3 is 4.57 Å². The standard InChI is InChI=1S/C22H22N4S3/c1-14-7-9-15(10-8-14)21-23-16(11-28-21)12-29-22-25-24-20(26(22)2)18-13-27-19-6-4-3-5-17(18)19/h7-11,13H,3-6,12H2,1-2H3. The Morgan fingerprint density at radius 2 is 1.86 bits per heavy atom. The Morgan fingerprint density at radius 3 is 2.72 bits per heavy atom. The molecule has 1 aliphatic carbocycles. The van der Waals surface area contributed by atoms with Crippen LogP contribution in [0.4, 0.5) is 0 Å². The highest BCUT2D eigenvalue weighted by molar-refractivity contribution is 7.98. The summed E-state index contributed by atoms with van der Waals surface area (Å²) in [6.45, 7) is 2.11. The number of thiazole rings is 1. The van der Waals surface area contributed by atoms with E-state index < -0.39 is 0 Å². The summed E-state index contributed by atoms with van der Waals surface area (Å²) in [5, 5.41) is 15.4. The number of hydrogen-bond donors (Lipinski definition) is 0. The first-order valence-corrected chi connectivity index (χ1v) is 12.6. The van der Waals surface area contributed by atoms with Gasteiger partial charge in [-0.25, -0.2) is 4.98 Å². The van der Waals surface area contributed by atoms with Crippen molar-refractivity contribution < 1.29 is 0 Å². The van der Waals surface area contributed by atoms with Crippen LogP contribution in [0.25, 0.3) is 22.0 Å². The maximum atomic E-state index is 4.81. The number of thioether (sulfide) groups is 1. The largest absolute Gasteiger partial charge is 0.305 e. The van der Waals surface area contributed by atoms with Crippen LogP contribution in [0, 0.1) is 6.92 Å². The number of aryl methyl sites for hydroxylation is 2. The van der Waals surface area contributed by atoms with Crippen molar-refractivity contribution in [3.8, 4) is 22.0 Å². The predicted octanol–water partition coefficient (Wildman–Crippen LogP) is 6.15. The maximum absolute atomic E-state index is 4.81. The van der Waals surface area contributed by atoms with Crippen molar-refractivity contribution in [1.29, 1.82) is 0 Å². The molecule has 0 saturated carbocycles. The number of hydrogen-bond acceptors (Lipinski definition) is 6. The van der Waals surface area contributed by atoms with Gasteiger partial charge in [0.25, 0.3) is 0 Å². The number of nitrogens with zero attached hydrogens (tertiary/aromatic N) is 4. The first-order chi connectivity index (χ1) is 14.2. The van der Waals surface area contributed by atoms with Gasteiger partial charge in [0.1, 0.15) is 5.01 Å². The van der Waals surface area contributed by atoms with Crippen LogP contribution in [0.2, 0.25) is 0 Å². The van der Waals surface area contributed by atoms with Crippen LogP contribution in [0.3, 0.4) is 0 Å². The molecule has 5 rings (SSSR count). The molecule has 0 radical (unpaired) electrons. The molecule has 4 nitrogen and oxygen atoms in total. The van der Waals surface area contributed by atoms with Crippen molar-refractivity contribution in [2.24, 2.45) is 7.05 Å². The first kappa shape index (κ1) is 19.0. The molecule has 0 N–H and O–H groups in total. The Hall–Kier alpha value is -1.96. The normalized spacial score (nSPS) is 13.6. The van der Waals surface area contributed by atoms with Gasteiger partial charge in [-0.05, 0) is 38.2 Å². The fourth-order valence-electron chi connectivity index (χ4n) is 3.70. The zero-order chi connectivity index (χ0) is 19.8. The molecule has 0 saturated heterocycles. The van der Waals surface area contributed by atoms with Gasteiger partial charge in [-0.3, -0.25) is 0 Å². The zero-order valence-electron chi connectivity index (χ0n) is 16.5. The second kappa shape index (κ2) is 8.05. The van der Waals surface area contributed by atoms with Gasteiger partial charge in [0.05, 0.1) is 5.69 Å². The van der Waals surface area contributed by atoms with Crippen LogP contribution in [-0.4, -0.2) is 19.7 Å². The van der Waals surface area contributed by atoms with Crippen molar-refractivity contribution in [3.05, 3.63) is 56.7 Å². The molecule has 0 spiro atoms. The lowest BCUT2D eigenvalue weighted by atomic mass is 9.96. The second-order valence-electron chi connectivity index (χ2n) is 7.42. The Bertz CT molecular complexity index is 1140. The molecule has 0 bridgehead atoms. The Morgan fingerprint density at radius 1 is 1.03 bits per heavy atom. The number of rotatable bonds is 5. The highest BCUT2D eigenvalue weighted by Gasteiger charge is 2.21. The molecule has 0 atom stereocenters. The lowest BCUT2D eigenvalue weighted by Gasteiger charge is -2.12. The summed E-state index contributed by atoms with van der Waals surface area (Å²) in [5.74, 6) is 1.79. The van der Waals surface area contributed by atoms with Gasteiger partial charge in [-0.2, -0.15) is 0 Å². The van der Waals surface area contributed by atoms with Gasteiger partial charge in [0.2, 0.25) is 0 Å². The van der Waals surface area contributed by atoms with Crippen LogP contribution in [0.1, 0.15) is 34.5 Å². The number of fused-ring (bicyclic) bond motifs is 1. The highest BCUT2D eigenvalue weighted by atomic mass is 32.2. The van der Waals surface area contributed by atoms with Crippen LogP contribution in [-0.2, 0) is 25.6 Å². The van der Waals surface area contributed by atoms with E-state index in [2.05, 4.69) is 63.8 Å². The summed E-state index contributed by atoms with van der Waals surface area (Å²) >= 11 is 5.28. The van der Waals surface area contributed by atoms with Crippen molar-refractivity contribution in [2.45, 2.75) is 43.5 Å². The molecule has 0 amide bonds. The van der Waals surface area contributed by atoms with Gasteiger partial charge in [-0.15, -0.1) is 32.9 Å². The minimum atomic E-state index is 0.802. The molecule has 1 aliphatic rings. The van der Waals surface area contributed by atoms with E-state index in [4.69, 9.17) is 4.98 Å². The number of benzene rings is 1. The summed E-state index contributed by atoms with van der Waals surface area (Å²) in [7, 11) is 2.07. The van der Waals surface area contributed by atoms with E-state index in [1.807, 2.05) is 11.3 Å². The molecule has 7 heteroatoms. The maximum Gasteiger partial charge on any atom is 0.191 e.